The third kappa shape index (κ3) is 4.34. The van der Waals surface area contributed by atoms with E-state index in [0.717, 1.165) is 17.1 Å². The maximum absolute atomic E-state index is 10.6. The molecule has 0 radical (unpaired) electrons. The Kier molecular flexibility index (Phi) is 4.63. The Morgan fingerprint density at radius 2 is 1.55 bits per heavy atom. The highest BCUT2D eigenvalue weighted by Gasteiger charge is 2.15. The second-order valence-corrected chi connectivity index (χ2v) is 3.79. The van der Waals surface area contributed by atoms with E-state index in [4.69, 9.17) is 4.55 Å². The van der Waals surface area contributed by atoms with Gasteiger partial charge < -0.3 is 0 Å². The molecule has 0 aromatic rings. The summed E-state index contributed by atoms with van der Waals surface area (Å²) in [6.45, 7) is 4.53. The van der Waals surface area contributed by atoms with E-state index in [9.17, 15) is 8.42 Å². The highest BCUT2D eigenvalue weighted by molar-refractivity contribution is 7.83. The van der Waals surface area contributed by atoms with Crippen molar-refractivity contribution in [3.8, 4) is 0 Å². The first-order chi connectivity index (χ1) is 5.02. The van der Waals surface area contributed by atoms with Crippen LogP contribution in [0.2, 0.25) is 0 Å². The molecule has 0 atom stereocenters. The Hall–Kier alpha value is -0.130. The summed E-state index contributed by atoms with van der Waals surface area (Å²) in [5, 5.41) is 0. The standard InChI is InChI=1S/C6H15NO3S/c1-3-5-7(6-4-2)11(8,9)10/h3-6H2,1-2H3,(H,8,9,10). The Morgan fingerprint density at radius 1 is 1.18 bits per heavy atom. The summed E-state index contributed by atoms with van der Waals surface area (Å²) in [6, 6.07) is 0. The predicted molar refractivity (Wildman–Crippen MR) is 43.7 cm³/mol. The van der Waals surface area contributed by atoms with Gasteiger partial charge in [-0.2, -0.15) is 12.7 Å². The molecule has 0 spiro atoms. The lowest BCUT2D eigenvalue weighted by Gasteiger charge is -2.15. The second-order valence-electron chi connectivity index (χ2n) is 2.38. The summed E-state index contributed by atoms with van der Waals surface area (Å²) in [7, 11) is -3.96. The van der Waals surface area contributed by atoms with Crippen LogP contribution in [0.3, 0.4) is 0 Å². The molecule has 0 aromatic heterocycles. The zero-order chi connectivity index (χ0) is 8.91. The Bertz CT molecular complexity index is 182. The van der Waals surface area contributed by atoms with Crippen LogP contribution < -0.4 is 0 Å². The van der Waals surface area contributed by atoms with Crippen LogP contribution in [-0.4, -0.2) is 30.4 Å². The van der Waals surface area contributed by atoms with Crippen LogP contribution in [0.25, 0.3) is 0 Å². The monoisotopic (exact) mass is 181 g/mol. The lowest BCUT2D eigenvalue weighted by Crippen LogP contribution is -2.31. The van der Waals surface area contributed by atoms with Crippen molar-refractivity contribution in [1.29, 1.82) is 0 Å². The summed E-state index contributed by atoms with van der Waals surface area (Å²) in [5.41, 5.74) is 0. The molecule has 0 rings (SSSR count). The largest absolute Gasteiger partial charge is 0.335 e. The fraction of sp³-hybridized carbons (Fsp3) is 1.00. The van der Waals surface area contributed by atoms with Gasteiger partial charge in [-0.1, -0.05) is 13.8 Å². The summed E-state index contributed by atoms with van der Waals surface area (Å²) < 4.78 is 30.9. The molecule has 5 heteroatoms. The van der Waals surface area contributed by atoms with Crippen molar-refractivity contribution < 1.29 is 13.0 Å². The molecule has 0 aliphatic carbocycles. The summed E-state index contributed by atoms with van der Waals surface area (Å²) >= 11 is 0. The van der Waals surface area contributed by atoms with Crippen molar-refractivity contribution in [3.05, 3.63) is 0 Å². The maximum Gasteiger partial charge on any atom is 0.335 e. The van der Waals surface area contributed by atoms with E-state index in [1.807, 2.05) is 13.8 Å². The van der Waals surface area contributed by atoms with Gasteiger partial charge in [0.15, 0.2) is 0 Å². The van der Waals surface area contributed by atoms with E-state index in [-0.39, 0.29) is 0 Å². The molecule has 0 heterocycles. The molecule has 0 aliphatic rings. The van der Waals surface area contributed by atoms with Gasteiger partial charge in [-0.05, 0) is 12.8 Å². The van der Waals surface area contributed by atoms with Crippen LogP contribution in [0.1, 0.15) is 26.7 Å². The fourth-order valence-corrected chi connectivity index (χ4v) is 1.67. The smallest absolute Gasteiger partial charge is 0.273 e. The number of rotatable bonds is 5. The highest BCUT2D eigenvalue weighted by atomic mass is 32.2. The molecule has 11 heavy (non-hydrogen) atoms. The molecule has 1 N–H and O–H groups in total. The minimum atomic E-state index is -3.96. The van der Waals surface area contributed by atoms with Crippen molar-refractivity contribution >= 4 is 10.3 Å². The van der Waals surface area contributed by atoms with E-state index in [2.05, 4.69) is 0 Å². The van der Waals surface area contributed by atoms with Crippen LogP contribution >= 0.6 is 0 Å². The van der Waals surface area contributed by atoms with Crippen molar-refractivity contribution in [3.63, 3.8) is 0 Å². The molecule has 0 amide bonds. The first-order valence-electron chi connectivity index (χ1n) is 3.75. The fourth-order valence-electron chi connectivity index (χ4n) is 0.841. The molecule has 0 saturated heterocycles. The highest BCUT2D eigenvalue weighted by Crippen LogP contribution is 1.99. The van der Waals surface area contributed by atoms with Gasteiger partial charge in [-0.15, -0.1) is 0 Å². The predicted octanol–water partition coefficient (Wildman–Crippen LogP) is 0.911. The maximum atomic E-state index is 10.6. The van der Waals surface area contributed by atoms with Gasteiger partial charge in [0.1, 0.15) is 0 Å². The lowest BCUT2D eigenvalue weighted by molar-refractivity contribution is 0.350. The molecule has 68 valence electrons. The van der Waals surface area contributed by atoms with Gasteiger partial charge in [-0.25, -0.2) is 0 Å². The van der Waals surface area contributed by atoms with E-state index in [0.29, 0.717) is 13.1 Å². The first kappa shape index (κ1) is 10.9. The molecule has 4 nitrogen and oxygen atoms in total. The second kappa shape index (κ2) is 4.69. The van der Waals surface area contributed by atoms with Crippen LogP contribution in [0, 0.1) is 0 Å². The molecule has 0 unspecified atom stereocenters. The normalized spacial score (nSPS) is 12.4. The minimum Gasteiger partial charge on any atom is -0.273 e. The quantitative estimate of drug-likeness (QED) is 0.641. The topological polar surface area (TPSA) is 57.6 Å². The molecule has 0 aromatic carbocycles. The van der Waals surface area contributed by atoms with Gasteiger partial charge in [0.05, 0.1) is 0 Å². The SMILES string of the molecule is CCCN(CCC)S(=O)(=O)O. The minimum absolute atomic E-state index is 0.396. The lowest BCUT2D eigenvalue weighted by atomic mass is 10.4. The Morgan fingerprint density at radius 3 is 1.73 bits per heavy atom. The summed E-state index contributed by atoms with van der Waals surface area (Å²) in [6.07, 6.45) is 1.44. The molecule has 0 aliphatic heterocycles. The third-order valence-corrected chi connectivity index (χ3v) is 2.29. The van der Waals surface area contributed by atoms with E-state index >= 15 is 0 Å². The van der Waals surface area contributed by atoms with Crippen LogP contribution in [0.5, 0.6) is 0 Å². The molecular weight excluding hydrogens is 166 g/mol. The van der Waals surface area contributed by atoms with Gasteiger partial charge >= 0.3 is 10.3 Å². The van der Waals surface area contributed by atoms with Crippen LogP contribution in [0.4, 0.5) is 0 Å². The van der Waals surface area contributed by atoms with E-state index < -0.39 is 10.3 Å². The molecular formula is C6H15NO3S. The van der Waals surface area contributed by atoms with Crippen molar-refractivity contribution in [2.45, 2.75) is 26.7 Å². The zero-order valence-electron chi connectivity index (χ0n) is 6.95. The summed E-state index contributed by atoms with van der Waals surface area (Å²) in [4.78, 5) is 0. The van der Waals surface area contributed by atoms with E-state index in [1.165, 1.54) is 0 Å². The van der Waals surface area contributed by atoms with Crippen molar-refractivity contribution in [1.82, 2.24) is 4.31 Å². The van der Waals surface area contributed by atoms with Crippen LogP contribution in [0.15, 0.2) is 0 Å². The van der Waals surface area contributed by atoms with Gasteiger partial charge in [0.2, 0.25) is 0 Å². The average molecular weight is 181 g/mol. The molecule has 0 saturated carbocycles. The van der Waals surface area contributed by atoms with Crippen molar-refractivity contribution in [2.24, 2.45) is 0 Å². The molecule has 0 fully saturated rings. The number of nitrogens with zero attached hydrogens (tertiary/aromatic N) is 1. The number of hydrogen-bond acceptors (Lipinski definition) is 2. The number of hydrogen-bond donors (Lipinski definition) is 1. The Balaban J connectivity index is 4.11. The zero-order valence-corrected chi connectivity index (χ0v) is 7.76. The molecule has 0 bridgehead atoms. The average Bonchev–Trinajstić information content (AvgIpc) is 1.85. The van der Waals surface area contributed by atoms with Gasteiger partial charge in [0, 0.05) is 13.1 Å². The van der Waals surface area contributed by atoms with Gasteiger partial charge in [-0.3, -0.25) is 4.55 Å². The Labute approximate surface area is 68.1 Å². The first-order valence-corrected chi connectivity index (χ1v) is 5.14. The summed E-state index contributed by atoms with van der Waals surface area (Å²) in [5.74, 6) is 0. The van der Waals surface area contributed by atoms with Gasteiger partial charge in [0.25, 0.3) is 0 Å². The third-order valence-electron chi connectivity index (χ3n) is 1.27. The van der Waals surface area contributed by atoms with Crippen molar-refractivity contribution in [2.75, 3.05) is 13.1 Å². The van der Waals surface area contributed by atoms with E-state index in [1.54, 1.807) is 0 Å². The van der Waals surface area contributed by atoms with Crippen LogP contribution in [-0.2, 0) is 10.3 Å².